The molecule has 0 saturated carbocycles. The van der Waals surface area contributed by atoms with Crippen LogP contribution in [-0.2, 0) is 0 Å². The summed E-state index contributed by atoms with van der Waals surface area (Å²) in [5.74, 6) is 0.756. The fourth-order valence-electron chi connectivity index (χ4n) is 0.543. The van der Waals surface area contributed by atoms with E-state index in [1.165, 1.54) is 0 Å². The van der Waals surface area contributed by atoms with Gasteiger partial charge in [0.05, 0.1) is 0 Å². The molecule has 1 aromatic rings. The second-order valence-electron chi connectivity index (χ2n) is 2.07. The van der Waals surface area contributed by atoms with E-state index < -0.39 is 0 Å². The Labute approximate surface area is 73.6 Å². The normalized spacial score (nSPS) is 9.50. The van der Waals surface area contributed by atoms with Crippen LogP contribution >= 0.6 is 22.6 Å². The maximum atomic E-state index is 4.17. The molecule has 0 fully saturated rings. The van der Waals surface area contributed by atoms with Gasteiger partial charge in [-0.2, -0.15) is 0 Å². The molecule has 0 unspecified atom stereocenters. The number of hydrogen-bond acceptors (Lipinski definition) is 3. The Kier molecular flexibility index (Phi) is 2.42. The third kappa shape index (κ3) is 1.80. The van der Waals surface area contributed by atoms with E-state index in [1.807, 2.05) is 25.1 Å². The Hall–Kier alpha value is -0.390. The van der Waals surface area contributed by atoms with Crippen LogP contribution in [0.3, 0.4) is 0 Å². The molecule has 0 spiro atoms. The minimum atomic E-state index is 0.756. The monoisotopic (exact) mass is 249 g/mol. The van der Waals surface area contributed by atoms with E-state index in [2.05, 4.69) is 32.6 Å². The molecule has 10 heavy (non-hydrogen) atoms. The first-order valence-corrected chi connectivity index (χ1v) is 3.94. The van der Waals surface area contributed by atoms with E-state index in [9.17, 15) is 0 Å². The number of aromatic nitrogens is 2. The van der Waals surface area contributed by atoms with Crippen LogP contribution in [0.1, 0.15) is 0 Å². The van der Waals surface area contributed by atoms with Crippen molar-refractivity contribution in [2.24, 2.45) is 0 Å². The first-order chi connectivity index (χ1) is 4.70. The fourth-order valence-corrected chi connectivity index (χ4v) is 0.919. The third-order valence-electron chi connectivity index (χ3n) is 1.01. The maximum Gasteiger partial charge on any atom is 0.225 e. The lowest BCUT2D eigenvalue weighted by atomic mass is 10.6. The fraction of sp³-hybridized carbons (Fsp3) is 0.333. The van der Waals surface area contributed by atoms with E-state index >= 15 is 0 Å². The zero-order chi connectivity index (χ0) is 7.56. The third-order valence-corrected chi connectivity index (χ3v) is 1.61. The van der Waals surface area contributed by atoms with Gasteiger partial charge in [0.2, 0.25) is 5.95 Å². The maximum absolute atomic E-state index is 4.17. The molecule has 54 valence electrons. The standard InChI is InChI=1S/C6H8IN3/c1-10(2)6-8-4-3-5(7)9-6/h3-4H,1-2H3. The lowest BCUT2D eigenvalue weighted by molar-refractivity contribution is 0.987. The van der Waals surface area contributed by atoms with E-state index in [0.717, 1.165) is 9.65 Å². The van der Waals surface area contributed by atoms with Crippen molar-refractivity contribution in [2.75, 3.05) is 19.0 Å². The summed E-state index contributed by atoms with van der Waals surface area (Å²) in [5.41, 5.74) is 0. The zero-order valence-corrected chi connectivity index (χ0v) is 8.03. The summed E-state index contributed by atoms with van der Waals surface area (Å²) in [6, 6.07) is 1.87. The minimum Gasteiger partial charge on any atom is -0.347 e. The van der Waals surface area contributed by atoms with Crippen LogP contribution < -0.4 is 4.90 Å². The highest BCUT2D eigenvalue weighted by atomic mass is 127. The van der Waals surface area contributed by atoms with Gasteiger partial charge in [-0.25, -0.2) is 9.97 Å². The van der Waals surface area contributed by atoms with Crippen molar-refractivity contribution in [1.82, 2.24) is 9.97 Å². The van der Waals surface area contributed by atoms with Crippen LogP contribution in [0.4, 0.5) is 5.95 Å². The van der Waals surface area contributed by atoms with Crippen LogP contribution in [0.5, 0.6) is 0 Å². The topological polar surface area (TPSA) is 29.0 Å². The first kappa shape index (κ1) is 7.71. The summed E-state index contributed by atoms with van der Waals surface area (Å²) in [4.78, 5) is 10.1. The van der Waals surface area contributed by atoms with Crippen LogP contribution in [0.2, 0.25) is 0 Å². The highest BCUT2D eigenvalue weighted by Gasteiger charge is 1.96. The molecule has 3 nitrogen and oxygen atoms in total. The molecule has 0 aromatic carbocycles. The van der Waals surface area contributed by atoms with E-state index in [-0.39, 0.29) is 0 Å². The van der Waals surface area contributed by atoms with Gasteiger partial charge in [-0.1, -0.05) is 0 Å². The molecular weight excluding hydrogens is 241 g/mol. The molecular formula is C6H8IN3. The highest BCUT2D eigenvalue weighted by Crippen LogP contribution is 2.04. The minimum absolute atomic E-state index is 0.756. The van der Waals surface area contributed by atoms with Gasteiger partial charge in [0.25, 0.3) is 0 Å². The zero-order valence-electron chi connectivity index (χ0n) is 5.87. The van der Waals surface area contributed by atoms with Gasteiger partial charge >= 0.3 is 0 Å². The molecule has 0 amide bonds. The van der Waals surface area contributed by atoms with Crippen molar-refractivity contribution >= 4 is 28.5 Å². The Morgan fingerprint density at radius 3 is 2.60 bits per heavy atom. The summed E-state index contributed by atoms with van der Waals surface area (Å²) in [5, 5.41) is 0. The molecule has 1 rings (SSSR count). The summed E-state index contributed by atoms with van der Waals surface area (Å²) < 4.78 is 0.969. The van der Waals surface area contributed by atoms with Gasteiger partial charge in [0.1, 0.15) is 3.70 Å². The molecule has 4 heteroatoms. The average Bonchev–Trinajstić information content (AvgIpc) is 1.88. The molecule has 0 atom stereocenters. The number of rotatable bonds is 1. The Bertz CT molecular complexity index is 224. The van der Waals surface area contributed by atoms with Crippen molar-refractivity contribution in [3.8, 4) is 0 Å². The van der Waals surface area contributed by atoms with E-state index in [1.54, 1.807) is 6.20 Å². The van der Waals surface area contributed by atoms with Crippen molar-refractivity contribution in [3.63, 3.8) is 0 Å². The molecule has 0 N–H and O–H groups in total. The predicted molar refractivity (Wildman–Crippen MR) is 49.1 cm³/mol. The molecule has 0 aliphatic carbocycles. The van der Waals surface area contributed by atoms with Crippen molar-refractivity contribution < 1.29 is 0 Å². The van der Waals surface area contributed by atoms with Crippen LogP contribution in [0.25, 0.3) is 0 Å². The lowest BCUT2D eigenvalue weighted by Gasteiger charge is -2.08. The van der Waals surface area contributed by atoms with Crippen molar-refractivity contribution in [2.45, 2.75) is 0 Å². The Balaban J connectivity index is 2.96. The van der Waals surface area contributed by atoms with Gasteiger partial charge in [0.15, 0.2) is 0 Å². The summed E-state index contributed by atoms with van der Waals surface area (Å²) in [6.07, 6.45) is 1.75. The molecule has 0 aliphatic heterocycles. The number of hydrogen-bond donors (Lipinski definition) is 0. The summed E-state index contributed by atoms with van der Waals surface area (Å²) >= 11 is 2.16. The lowest BCUT2D eigenvalue weighted by Crippen LogP contribution is -2.12. The molecule has 1 heterocycles. The molecule has 0 saturated heterocycles. The van der Waals surface area contributed by atoms with Gasteiger partial charge in [-0.3, -0.25) is 0 Å². The number of anilines is 1. The molecule has 0 aliphatic rings. The van der Waals surface area contributed by atoms with Crippen LogP contribution in [0.15, 0.2) is 12.3 Å². The van der Waals surface area contributed by atoms with Crippen molar-refractivity contribution in [1.29, 1.82) is 0 Å². The second kappa shape index (κ2) is 3.14. The number of nitrogens with zero attached hydrogens (tertiary/aromatic N) is 3. The number of halogens is 1. The SMILES string of the molecule is CN(C)c1nccc(I)n1. The van der Waals surface area contributed by atoms with E-state index in [4.69, 9.17) is 0 Å². The Morgan fingerprint density at radius 2 is 2.20 bits per heavy atom. The smallest absolute Gasteiger partial charge is 0.225 e. The van der Waals surface area contributed by atoms with Gasteiger partial charge < -0.3 is 4.90 Å². The first-order valence-electron chi connectivity index (χ1n) is 2.86. The van der Waals surface area contributed by atoms with Gasteiger partial charge in [0, 0.05) is 20.3 Å². The molecule has 0 bridgehead atoms. The highest BCUT2D eigenvalue weighted by molar-refractivity contribution is 14.1. The van der Waals surface area contributed by atoms with E-state index in [0.29, 0.717) is 0 Å². The second-order valence-corrected chi connectivity index (χ2v) is 3.18. The Morgan fingerprint density at radius 1 is 1.50 bits per heavy atom. The predicted octanol–water partition coefficient (Wildman–Crippen LogP) is 1.15. The molecule has 1 aromatic heterocycles. The molecule has 0 radical (unpaired) electrons. The van der Waals surface area contributed by atoms with Crippen LogP contribution in [0, 0.1) is 3.70 Å². The quantitative estimate of drug-likeness (QED) is 0.552. The van der Waals surface area contributed by atoms with Gasteiger partial charge in [-0.15, -0.1) is 0 Å². The summed E-state index contributed by atoms with van der Waals surface area (Å²) in [7, 11) is 3.84. The van der Waals surface area contributed by atoms with Gasteiger partial charge in [-0.05, 0) is 28.7 Å². The average molecular weight is 249 g/mol. The largest absolute Gasteiger partial charge is 0.347 e. The van der Waals surface area contributed by atoms with Crippen LogP contribution in [-0.4, -0.2) is 24.1 Å². The van der Waals surface area contributed by atoms with Crippen molar-refractivity contribution in [3.05, 3.63) is 16.0 Å². The summed E-state index contributed by atoms with van der Waals surface area (Å²) in [6.45, 7) is 0.